The number of amides is 1. The van der Waals surface area contributed by atoms with Gasteiger partial charge in [-0.05, 0) is 73.6 Å². The second-order valence-electron chi connectivity index (χ2n) is 8.49. The number of anilines is 1. The fraction of sp³-hybridized carbons (Fsp3) is 0.423. The third kappa shape index (κ3) is 5.14. The van der Waals surface area contributed by atoms with Crippen LogP contribution in [0.5, 0.6) is 0 Å². The lowest BCUT2D eigenvalue weighted by atomic mass is 9.89. The molecule has 2 aromatic carbocycles. The number of rotatable bonds is 5. The summed E-state index contributed by atoms with van der Waals surface area (Å²) < 4.78 is 0. The number of aryl methyl sites for hydroxylation is 2. The van der Waals surface area contributed by atoms with Crippen molar-refractivity contribution in [2.24, 2.45) is 0 Å². The Morgan fingerprint density at radius 3 is 2.39 bits per heavy atom. The van der Waals surface area contributed by atoms with Gasteiger partial charge in [-0.1, -0.05) is 12.1 Å². The fourth-order valence-corrected chi connectivity index (χ4v) is 4.60. The maximum absolute atomic E-state index is 12.8. The first kappa shape index (κ1) is 21.1. The van der Waals surface area contributed by atoms with Crippen molar-refractivity contribution in [1.82, 2.24) is 4.90 Å². The van der Waals surface area contributed by atoms with Crippen molar-refractivity contribution in [3.05, 3.63) is 64.7 Å². The van der Waals surface area contributed by atoms with Crippen LogP contribution in [0.25, 0.3) is 0 Å². The number of carbonyl (C=O) groups excluding carboxylic acids is 2. The molecule has 0 N–H and O–H groups in total. The standard InChI is InChI=1S/C26H29N3O2/c27-19-20-6-10-24(11-7-20)28-14-3-15-29(17-16-28)26(31)13-12-25(30)23-9-8-21-4-1-2-5-22(21)18-23/h6-11,18H,1-5,12-17H2. The molecule has 0 aromatic heterocycles. The van der Waals surface area contributed by atoms with E-state index in [-0.39, 0.29) is 24.5 Å². The summed E-state index contributed by atoms with van der Waals surface area (Å²) in [5, 5.41) is 8.96. The van der Waals surface area contributed by atoms with Crippen molar-refractivity contribution in [2.75, 3.05) is 31.1 Å². The molecule has 0 atom stereocenters. The molecule has 2 aliphatic rings. The molecule has 1 aliphatic heterocycles. The number of fused-ring (bicyclic) bond motifs is 1. The van der Waals surface area contributed by atoms with Crippen LogP contribution in [0.4, 0.5) is 5.69 Å². The van der Waals surface area contributed by atoms with E-state index in [1.54, 1.807) is 0 Å². The van der Waals surface area contributed by atoms with Gasteiger partial charge in [0.1, 0.15) is 0 Å². The highest BCUT2D eigenvalue weighted by Gasteiger charge is 2.21. The Labute approximate surface area is 184 Å². The van der Waals surface area contributed by atoms with Crippen LogP contribution < -0.4 is 4.90 Å². The molecular weight excluding hydrogens is 386 g/mol. The zero-order chi connectivity index (χ0) is 21.6. The van der Waals surface area contributed by atoms with Gasteiger partial charge in [0.15, 0.2) is 5.78 Å². The molecule has 0 spiro atoms. The maximum Gasteiger partial charge on any atom is 0.223 e. The van der Waals surface area contributed by atoms with E-state index < -0.39 is 0 Å². The SMILES string of the molecule is N#Cc1ccc(N2CCCN(C(=O)CCC(=O)c3ccc4c(c3)CCCC4)CC2)cc1. The molecular formula is C26H29N3O2. The number of carbonyl (C=O) groups is 2. The zero-order valence-corrected chi connectivity index (χ0v) is 18.0. The predicted octanol–water partition coefficient (Wildman–Crippen LogP) is 4.14. The van der Waals surface area contributed by atoms with Crippen LogP contribution in [0.2, 0.25) is 0 Å². The summed E-state index contributed by atoms with van der Waals surface area (Å²) in [5.74, 6) is 0.128. The van der Waals surface area contributed by atoms with E-state index in [1.807, 2.05) is 41.3 Å². The van der Waals surface area contributed by atoms with Crippen molar-refractivity contribution in [1.29, 1.82) is 5.26 Å². The minimum absolute atomic E-state index is 0.0630. The monoisotopic (exact) mass is 415 g/mol. The van der Waals surface area contributed by atoms with Crippen LogP contribution in [0.3, 0.4) is 0 Å². The molecule has 2 aromatic rings. The first-order valence-corrected chi connectivity index (χ1v) is 11.3. The van der Waals surface area contributed by atoms with Gasteiger partial charge in [0.2, 0.25) is 5.91 Å². The third-order valence-electron chi connectivity index (χ3n) is 6.45. The highest BCUT2D eigenvalue weighted by molar-refractivity contribution is 5.98. The second-order valence-corrected chi connectivity index (χ2v) is 8.49. The number of ketones is 1. The van der Waals surface area contributed by atoms with Crippen molar-refractivity contribution in [3.63, 3.8) is 0 Å². The fourth-order valence-electron chi connectivity index (χ4n) is 4.60. The number of nitrogens with zero attached hydrogens (tertiary/aromatic N) is 3. The smallest absolute Gasteiger partial charge is 0.223 e. The molecule has 0 saturated carbocycles. The Kier molecular flexibility index (Phi) is 6.66. The Morgan fingerprint density at radius 2 is 1.61 bits per heavy atom. The molecule has 5 heteroatoms. The van der Waals surface area contributed by atoms with Crippen LogP contribution in [0.1, 0.15) is 59.2 Å². The Hall–Kier alpha value is -3.13. The molecule has 1 amide bonds. The molecule has 0 bridgehead atoms. The van der Waals surface area contributed by atoms with Gasteiger partial charge in [-0.2, -0.15) is 5.26 Å². The number of Topliss-reactive ketones (excluding diaryl/α,β-unsaturated/α-hetero) is 1. The van der Waals surface area contributed by atoms with Crippen LogP contribution >= 0.6 is 0 Å². The van der Waals surface area contributed by atoms with Crippen molar-refractivity contribution in [3.8, 4) is 6.07 Å². The lowest BCUT2D eigenvalue weighted by molar-refractivity contribution is -0.130. The summed E-state index contributed by atoms with van der Waals surface area (Å²) in [5.41, 5.74) is 5.15. The van der Waals surface area contributed by atoms with E-state index in [2.05, 4.69) is 17.0 Å². The van der Waals surface area contributed by atoms with Gasteiger partial charge in [-0.3, -0.25) is 9.59 Å². The van der Waals surface area contributed by atoms with E-state index >= 15 is 0 Å². The van der Waals surface area contributed by atoms with Crippen molar-refractivity contribution in [2.45, 2.75) is 44.9 Å². The van der Waals surface area contributed by atoms with Crippen LogP contribution in [0, 0.1) is 11.3 Å². The first-order chi connectivity index (χ1) is 15.1. The van der Waals surface area contributed by atoms with Crippen LogP contribution in [-0.4, -0.2) is 42.8 Å². The first-order valence-electron chi connectivity index (χ1n) is 11.3. The number of hydrogen-bond donors (Lipinski definition) is 0. The van der Waals surface area contributed by atoms with Gasteiger partial charge in [0.25, 0.3) is 0 Å². The summed E-state index contributed by atoms with van der Waals surface area (Å²) in [6.45, 7) is 3.02. The summed E-state index contributed by atoms with van der Waals surface area (Å²) >= 11 is 0. The van der Waals surface area contributed by atoms with Gasteiger partial charge < -0.3 is 9.80 Å². The third-order valence-corrected chi connectivity index (χ3v) is 6.45. The summed E-state index contributed by atoms with van der Waals surface area (Å²) in [6, 6.07) is 15.8. The quantitative estimate of drug-likeness (QED) is 0.689. The normalized spacial score (nSPS) is 16.2. The molecule has 1 saturated heterocycles. The molecule has 1 fully saturated rings. The summed E-state index contributed by atoms with van der Waals surface area (Å²) in [4.78, 5) is 29.6. The van der Waals surface area contributed by atoms with Crippen molar-refractivity contribution < 1.29 is 9.59 Å². The average molecular weight is 416 g/mol. The van der Waals surface area contributed by atoms with Crippen LogP contribution in [-0.2, 0) is 17.6 Å². The van der Waals surface area contributed by atoms with Gasteiger partial charge in [0.05, 0.1) is 11.6 Å². The topological polar surface area (TPSA) is 64.4 Å². The molecule has 1 aliphatic carbocycles. The molecule has 1 heterocycles. The Morgan fingerprint density at radius 1 is 0.839 bits per heavy atom. The molecule has 5 nitrogen and oxygen atoms in total. The number of nitriles is 1. The van der Waals surface area contributed by atoms with Crippen molar-refractivity contribution >= 4 is 17.4 Å². The molecule has 31 heavy (non-hydrogen) atoms. The minimum Gasteiger partial charge on any atom is -0.370 e. The lowest BCUT2D eigenvalue weighted by Crippen LogP contribution is -2.35. The summed E-state index contributed by atoms with van der Waals surface area (Å²) in [6.07, 6.45) is 6.02. The molecule has 0 unspecified atom stereocenters. The largest absolute Gasteiger partial charge is 0.370 e. The lowest BCUT2D eigenvalue weighted by Gasteiger charge is -2.23. The second kappa shape index (κ2) is 9.78. The predicted molar refractivity (Wildman–Crippen MR) is 121 cm³/mol. The van der Waals surface area contributed by atoms with Gasteiger partial charge in [-0.25, -0.2) is 0 Å². The molecule has 160 valence electrons. The highest BCUT2D eigenvalue weighted by Crippen LogP contribution is 2.23. The van der Waals surface area contributed by atoms with Gasteiger partial charge in [-0.15, -0.1) is 0 Å². The van der Waals surface area contributed by atoms with E-state index in [1.165, 1.54) is 24.0 Å². The average Bonchev–Trinajstić information content (AvgIpc) is 3.08. The van der Waals surface area contributed by atoms with E-state index in [4.69, 9.17) is 5.26 Å². The van der Waals surface area contributed by atoms with E-state index in [0.717, 1.165) is 50.1 Å². The Balaban J connectivity index is 1.29. The van der Waals surface area contributed by atoms with Gasteiger partial charge >= 0.3 is 0 Å². The Bertz CT molecular complexity index is 991. The maximum atomic E-state index is 12.8. The highest BCUT2D eigenvalue weighted by atomic mass is 16.2. The van der Waals surface area contributed by atoms with Crippen LogP contribution in [0.15, 0.2) is 42.5 Å². The number of hydrogen-bond acceptors (Lipinski definition) is 4. The molecule has 4 rings (SSSR count). The number of benzene rings is 2. The van der Waals surface area contributed by atoms with E-state index in [0.29, 0.717) is 12.1 Å². The molecule has 0 radical (unpaired) electrons. The zero-order valence-electron chi connectivity index (χ0n) is 18.0. The van der Waals surface area contributed by atoms with Gasteiger partial charge in [0, 0.05) is 50.3 Å². The summed E-state index contributed by atoms with van der Waals surface area (Å²) in [7, 11) is 0. The van der Waals surface area contributed by atoms with E-state index in [9.17, 15) is 9.59 Å². The minimum atomic E-state index is 0.0630.